The summed E-state index contributed by atoms with van der Waals surface area (Å²) < 4.78 is 2.68. The summed E-state index contributed by atoms with van der Waals surface area (Å²) in [5.74, 6) is 0. The number of unbranched alkanes of at least 4 members (excludes halogenated alkanes) is 1. The van der Waals surface area contributed by atoms with Crippen LogP contribution in [0.25, 0.3) is 0 Å². The first-order valence-electron chi connectivity index (χ1n) is 4.92. The van der Waals surface area contributed by atoms with Gasteiger partial charge in [-0.25, -0.2) is 0 Å². The van der Waals surface area contributed by atoms with Crippen molar-refractivity contribution in [3.8, 4) is 0 Å². The van der Waals surface area contributed by atoms with Gasteiger partial charge in [0.05, 0.1) is 6.67 Å². The van der Waals surface area contributed by atoms with Crippen LogP contribution in [0.4, 0.5) is 0 Å². The minimum absolute atomic E-state index is 0.328. The van der Waals surface area contributed by atoms with Crippen LogP contribution >= 0.6 is 49.9 Å². The van der Waals surface area contributed by atoms with Crippen molar-refractivity contribution in [3.63, 3.8) is 0 Å². The van der Waals surface area contributed by atoms with Gasteiger partial charge in [0.25, 0.3) is 0 Å². The Balaban J connectivity index is 2.85. The van der Waals surface area contributed by atoms with Gasteiger partial charge in [-0.3, -0.25) is 0 Å². The highest BCUT2D eigenvalue weighted by molar-refractivity contribution is 14.1. The van der Waals surface area contributed by atoms with Crippen LogP contribution in [0.2, 0.25) is 0 Å². The lowest BCUT2D eigenvalue weighted by Crippen LogP contribution is -2.17. The predicted octanol–water partition coefficient (Wildman–Crippen LogP) is 5.58. The highest BCUT2D eigenvalue weighted by Gasteiger charge is 2.24. The molecule has 0 spiro atoms. The molecule has 1 rings (SSSR count). The summed E-state index contributed by atoms with van der Waals surface area (Å²) in [5.41, 5.74) is 1.83. The van der Waals surface area contributed by atoms with Crippen molar-refractivity contribution in [2.24, 2.45) is 0 Å². The Hall–Kier alpha value is 0.910. The first-order chi connectivity index (χ1) is 6.47. The molecule has 0 N–H and O–H groups in total. The van der Waals surface area contributed by atoms with Gasteiger partial charge in [0.1, 0.15) is 0 Å². The number of rotatable bonds is 4. The second-order valence-corrected chi connectivity index (χ2v) is 8.47. The van der Waals surface area contributed by atoms with Crippen molar-refractivity contribution >= 4 is 49.9 Å². The Morgan fingerprint density at radius 3 is 2.57 bits per heavy atom. The molecule has 0 saturated carbocycles. The van der Waals surface area contributed by atoms with Crippen molar-refractivity contribution in [3.05, 3.63) is 18.3 Å². The van der Waals surface area contributed by atoms with Crippen LogP contribution in [0.3, 0.4) is 0 Å². The van der Waals surface area contributed by atoms with Crippen LogP contribution in [0.1, 0.15) is 45.6 Å². The van der Waals surface area contributed by atoms with E-state index in [1.54, 1.807) is 0 Å². The Bertz CT molecular complexity index is 304. The molecule has 0 saturated heterocycles. The van der Waals surface area contributed by atoms with E-state index in [0.717, 1.165) is 0 Å². The van der Waals surface area contributed by atoms with E-state index < -0.39 is 0 Å². The molecule has 0 aromatic carbocycles. The van der Waals surface area contributed by atoms with Gasteiger partial charge in [0.2, 0.25) is 0 Å². The number of halogens is 2. The Morgan fingerprint density at radius 1 is 1.50 bits per heavy atom. The van der Waals surface area contributed by atoms with Crippen molar-refractivity contribution in [1.82, 2.24) is 0 Å². The first-order valence-corrected chi connectivity index (χ1v) is 7.61. The molecular formula is C11H16BrIS. The zero-order valence-corrected chi connectivity index (χ0v) is 13.4. The van der Waals surface area contributed by atoms with Gasteiger partial charge in [0.15, 0.2) is 0 Å². The van der Waals surface area contributed by atoms with E-state index in [-0.39, 0.29) is 0 Å². The lowest BCUT2D eigenvalue weighted by Gasteiger charge is -2.24. The van der Waals surface area contributed by atoms with E-state index in [2.05, 4.69) is 65.4 Å². The van der Waals surface area contributed by atoms with Crippen molar-refractivity contribution < 1.29 is 0 Å². The highest BCUT2D eigenvalue weighted by atomic mass is 127. The van der Waals surface area contributed by atoms with Crippen molar-refractivity contribution in [1.29, 1.82) is 0 Å². The monoisotopic (exact) mass is 386 g/mol. The van der Waals surface area contributed by atoms with E-state index >= 15 is 0 Å². The van der Waals surface area contributed by atoms with Gasteiger partial charge < -0.3 is 0 Å². The molecule has 0 aliphatic rings. The smallest absolute Gasteiger partial charge is 0.0712 e. The Morgan fingerprint density at radius 2 is 2.14 bits per heavy atom. The maximum Gasteiger partial charge on any atom is 0.0712 e. The quantitative estimate of drug-likeness (QED) is 0.592. The molecule has 0 aliphatic carbocycles. The van der Waals surface area contributed by atoms with E-state index in [1.165, 1.54) is 31.5 Å². The number of hydrogen-bond acceptors (Lipinski definition) is 1. The highest BCUT2D eigenvalue weighted by Crippen LogP contribution is 2.38. The summed E-state index contributed by atoms with van der Waals surface area (Å²) >= 11 is 7.84. The summed E-state index contributed by atoms with van der Waals surface area (Å²) in [6.45, 7) is 6.95. The molecule has 14 heavy (non-hydrogen) atoms. The zero-order valence-electron chi connectivity index (χ0n) is 8.86. The SMILES string of the molecule is CCCCC(C)(C)c1cc(Br)sc1I. The third kappa shape index (κ3) is 3.20. The molecule has 0 unspecified atom stereocenters. The van der Waals surface area contributed by atoms with Crippen molar-refractivity contribution in [2.45, 2.75) is 45.4 Å². The Labute approximate surface area is 113 Å². The average molecular weight is 387 g/mol. The first kappa shape index (κ1) is 13.0. The van der Waals surface area contributed by atoms with Gasteiger partial charge in [-0.1, -0.05) is 33.6 Å². The van der Waals surface area contributed by atoms with E-state index in [4.69, 9.17) is 0 Å². The van der Waals surface area contributed by atoms with Crippen LogP contribution in [0, 0.1) is 2.88 Å². The van der Waals surface area contributed by atoms with Crippen LogP contribution in [0.15, 0.2) is 9.85 Å². The zero-order chi connectivity index (χ0) is 10.8. The summed E-state index contributed by atoms with van der Waals surface area (Å²) in [6.07, 6.45) is 3.88. The molecule has 0 amide bonds. The maximum absolute atomic E-state index is 3.56. The van der Waals surface area contributed by atoms with Crippen LogP contribution in [-0.4, -0.2) is 0 Å². The van der Waals surface area contributed by atoms with Crippen LogP contribution in [-0.2, 0) is 5.41 Å². The molecule has 1 heterocycles. The standard InChI is InChI=1S/C11H16BrIS/c1-4-5-6-11(2,3)8-7-9(12)14-10(8)13/h7H,4-6H2,1-3H3. The number of thiophene rings is 1. The molecule has 0 radical (unpaired) electrons. The maximum atomic E-state index is 3.56. The molecule has 0 aliphatic heterocycles. The lowest BCUT2D eigenvalue weighted by atomic mass is 9.82. The minimum Gasteiger partial charge on any atom is -0.122 e. The van der Waals surface area contributed by atoms with Crippen LogP contribution < -0.4 is 0 Å². The summed E-state index contributed by atoms with van der Waals surface area (Å²) in [6, 6.07) is 2.28. The molecular weight excluding hydrogens is 371 g/mol. The molecule has 3 heteroatoms. The Kier molecular flexibility index (Phi) is 4.91. The molecule has 0 atom stereocenters. The third-order valence-corrected chi connectivity index (χ3v) is 5.21. The number of hydrogen-bond donors (Lipinski definition) is 0. The van der Waals surface area contributed by atoms with Gasteiger partial charge in [-0.2, -0.15) is 0 Å². The summed E-state index contributed by atoms with van der Waals surface area (Å²) in [7, 11) is 0. The molecule has 0 fully saturated rings. The summed E-state index contributed by atoms with van der Waals surface area (Å²) in [4.78, 5) is 0. The second-order valence-electron chi connectivity index (χ2n) is 4.23. The fourth-order valence-corrected chi connectivity index (χ4v) is 5.57. The van der Waals surface area contributed by atoms with Gasteiger partial charge in [0, 0.05) is 0 Å². The summed E-state index contributed by atoms with van der Waals surface area (Å²) in [5, 5.41) is 0. The third-order valence-electron chi connectivity index (χ3n) is 2.54. The molecule has 0 nitrogen and oxygen atoms in total. The minimum atomic E-state index is 0.328. The molecule has 80 valence electrons. The largest absolute Gasteiger partial charge is 0.122 e. The van der Waals surface area contributed by atoms with E-state index in [1.807, 2.05) is 11.3 Å². The van der Waals surface area contributed by atoms with E-state index in [0.29, 0.717) is 5.41 Å². The van der Waals surface area contributed by atoms with Gasteiger partial charge >= 0.3 is 0 Å². The fourth-order valence-electron chi connectivity index (χ4n) is 1.56. The fraction of sp³-hybridized carbons (Fsp3) is 0.636. The van der Waals surface area contributed by atoms with Gasteiger partial charge in [-0.15, -0.1) is 11.3 Å². The van der Waals surface area contributed by atoms with Gasteiger partial charge in [-0.05, 0) is 62.0 Å². The second kappa shape index (κ2) is 5.30. The molecule has 1 aromatic rings. The van der Waals surface area contributed by atoms with Crippen molar-refractivity contribution in [2.75, 3.05) is 0 Å². The topological polar surface area (TPSA) is 0 Å². The molecule has 0 bridgehead atoms. The average Bonchev–Trinajstić information content (AvgIpc) is 2.42. The van der Waals surface area contributed by atoms with E-state index in [9.17, 15) is 0 Å². The molecule has 1 aromatic heterocycles. The predicted molar refractivity (Wildman–Crippen MR) is 77.3 cm³/mol. The lowest BCUT2D eigenvalue weighted by molar-refractivity contribution is 0.457. The normalized spacial score (nSPS) is 12.1. The van der Waals surface area contributed by atoms with Crippen LogP contribution in [0.5, 0.6) is 0 Å².